The van der Waals surface area contributed by atoms with Crippen LogP contribution in [0.1, 0.15) is 13.3 Å². The molecule has 2 unspecified atom stereocenters. The molecular formula is C3H8O6P2+2. The molecule has 0 spiro atoms. The number of hydrogen-bond acceptors (Lipinski definition) is 4. The highest BCUT2D eigenvalue weighted by molar-refractivity contribution is 7.32. The van der Waals surface area contributed by atoms with Crippen molar-refractivity contribution in [2.45, 2.75) is 19.6 Å². The van der Waals surface area contributed by atoms with Crippen LogP contribution in [0.4, 0.5) is 0 Å². The summed E-state index contributed by atoms with van der Waals surface area (Å²) >= 11 is 0. The van der Waals surface area contributed by atoms with Crippen molar-refractivity contribution in [3.63, 3.8) is 0 Å². The molecule has 0 saturated heterocycles. The van der Waals surface area contributed by atoms with E-state index in [0.29, 0.717) is 0 Å². The molecular weight excluding hydrogens is 194 g/mol. The SMILES string of the molecule is CCC(O[P+](=O)O)O[P+](=O)O. The Morgan fingerprint density at radius 1 is 1.27 bits per heavy atom. The van der Waals surface area contributed by atoms with Gasteiger partial charge in [-0.3, -0.25) is 0 Å². The first-order valence-electron chi connectivity index (χ1n) is 2.72. The zero-order valence-corrected chi connectivity index (χ0v) is 7.50. The molecule has 0 radical (unpaired) electrons. The van der Waals surface area contributed by atoms with Crippen LogP contribution >= 0.6 is 16.5 Å². The standard InChI is InChI=1S/C3H6O6P2/c1-2-3(8-10(4)5)9-11(6)7/h3H,2H2,1H3/p+2. The molecule has 0 aromatic rings. The molecule has 0 aromatic heterocycles. The van der Waals surface area contributed by atoms with E-state index in [4.69, 9.17) is 9.79 Å². The Morgan fingerprint density at radius 3 is 1.82 bits per heavy atom. The molecule has 0 aromatic carbocycles. The highest BCUT2D eigenvalue weighted by Gasteiger charge is 2.30. The predicted octanol–water partition coefficient (Wildman–Crippen LogP) is 1.06. The van der Waals surface area contributed by atoms with E-state index in [0.717, 1.165) is 0 Å². The Balaban J connectivity index is 3.76. The first-order chi connectivity index (χ1) is 5.06. The van der Waals surface area contributed by atoms with E-state index < -0.39 is 22.8 Å². The fourth-order valence-corrected chi connectivity index (χ4v) is 1.22. The van der Waals surface area contributed by atoms with Crippen LogP contribution < -0.4 is 0 Å². The molecule has 8 heteroatoms. The van der Waals surface area contributed by atoms with Crippen molar-refractivity contribution < 1.29 is 28.0 Å². The van der Waals surface area contributed by atoms with E-state index in [1.165, 1.54) is 0 Å². The average molecular weight is 202 g/mol. The van der Waals surface area contributed by atoms with Crippen LogP contribution in [0.2, 0.25) is 0 Å². The largest absolute Gasteiger partial charge is 0.697 e. The number of rotatable bonds is 5. The summed E-state index contributed by atoms with van der Waals surface area (Å²) in [6, 6.07) is 0. The van der Waals surface area contributed by atoms with Gasteiger partial charge in [-0.05, 0) is 0 Å². The minimum Gasteiger partial charge on any atom is -0.133 e. The lowest BCUT2D eigenvalue weighted by molar-refractivity contribution is 0.000193. The topological polar surface area (TPSA) is 93.1 Å². The van der Waals surface area contributed by atoms with Gasteiger partial charge in [-0.25, -0.2) is 0 Å². The molecule has 0 aliphatic rings. The molecule has 0 saturated carbocycles. The van der Waals surface area contributed by atoms with Gasteiger partial charge in [-0.1, -0.05) is 16.0 Å². The summed E-state index contributed by atoms with van der Waals surface area (Å²) in [5.74, 6) is 0. The van der Waals surface area contributed by atoms with Crippen LogP contribution in [0.5, 0.6) is 0 Å². The van der Waals surface area contributed by atoms with Crippen molar-refractivity contribution in [2.24, 2.45) is 0 Å². The van der Waals surface area contributed by atoms with Gasteiger partial charge < -0.3 is 0 Å². The van der Waals surface area contributed by atoms with E-state index in [1.807, 2.05) is 0 Å². The fraction of sp³-hybridized carbons (Fsp3) is 1.00. The van der Waals surface area contributed by atoms with Gasteiger partial charge in [-0.15, -0.1) is 9.79 Å². The quantitative estimate of drug-likeness (QED) is 0.511. The van der Waals surface area contributed by atoms with Gasteiger partial charge in [0.1, 0.15) is 0 Å². The normalized spacial score (nSPS) is 15.9. The van der Waals surface area contributed by atoms with Crippen molar-refractivity contribution in [1.82, 2.24) is 0 Å². The van der Waals surface area contributed by atoms with Crippen LogP contribution in [0.25, 0.3) is 0 Å². The van der Waals surface area contributed by atoms with Gasteiger partial charge in [0, 0.05) is 15.6 Å². The Bertz CT molecular complexity index is 142. The Morgan fingerprint density at radius 2 is 1.64 bits per heavy atom. The average Bonchev–Trinajstić information content (AvgIpc) is 1.84. The summed E-state index contributed by atoms with van der Waals surface area (Å²) in [6.45, 7) is 1.59. The second-order valence-corrected chi connectivity index (χ2v) is 2.90. The zero-order valence-electron chi connectivity index (χ0n) is 5.71. The van der Waals surface area contributed by atoms with E-state index >= 15 is 0 Å². The minimum absolute atomic E-state index is 0.225. The third-order valence-electron chi connectivity index (χ3n) is 0.749. The first-order valence-corrected chi connectivity index (χ1v) is 4.98. The Labute approximate surface area is 65.0 Å². The Kier molecular flexibility index (Phi) is 5.68. The number of hydrogen-bond donors (Lipinski definition) is 2. The third kappa shape index (κ3) is 6.44. The highest BCUT2D eigenvalue weighted by atomic mass is 31.1. The maximum absolute atomic E-state index is 10.0. The predicted molar refractivity (Wildman–Crippen MR) is 35.9 cm³/mol. The van der Waals surface area contributed by atoms with Gasteiger partial charge in [0.15, 0.2) is 0 Å². The van der Waals surface area contributed by atoms with Crippen LogP contribution in [0.3, 0.4) is 0 Å². The summed E-state index contributed by atoms with van der Waals surface area (Å²) < 4.78 is 28.5. The van der Waals surface area contributed by atoms with Crippen molar-refractivity contribution >= 4 is 16.5 Å². The van der Waals surface area contributed by atoms with Gasteiger partial charge in [0.25, 0.3) is 6.29 Å². The molecule has 0 amide bonds. The summed E-state index contributed by atoms with van der Waals surface area (Å²) in [4.78, 5) is 16.4. The molecule has 6 nitrogen and oxygen atoms in total. The lowest BCUT2D eigenvalue weighted by Gasteiger charge is -1.95. The second kappa shape index (κ2) is 5.66. The van der Waals surface area contributed by atoms with Crippen LogP contribution in [-0.4, -0.2) is 16.1 Å². The lowest BCUT2D eigenvalue weighted by atomic mass is 10.5. The van der Waals surface area contributed by atoms with Crippen molar-refractivity contribution in [1.29, 1.82) is 0 Å². The molecule has 0 aliphatic carbocycles. The third-order valence-corrected chi connectivity index (χ3v) is 1.58. The van der Waals surface area contributed by atoms with Gasteiger partial charge in [-0.2, -0.15) is 0 Å². The molecule has 0 heterocycles. The summed E-state index contributed by atoms with van der Waals surface area (Å²) in [5, 5.41) is 0. The molecule has 0 bridgehead atoms. The molecule has 2 atom stereocenters. The minimum atomic E-state index is -2.79. The fourth-order valence-electron chi connectivity index (χ4n) is 0.369. The van der Waals surface area contributed by atoms with Crippen LogP contribution in [-0.2, 0) is 18.2 Å². The monoisotopic (exact) mass is 202 g/mol. The smallest absolute Gasteiger partial charge is 0.133 e. The first kappa shape index (κ1) is 11.0. The molecule has 64 valence electrons. The summed E-state index contributed by atoms with van der Waals surface area (Å²) in [7, 11) is -5.58. The maximum atomic E-state index is 10.0. The van der Waals surface area contributed by atoms with Crippen LogP contribution in [0, 0.1) is 0 Å². The van der Waals surface area contributed by atoms with Crippen molar-refractivity contribution in [3.05, 3.63) is 0 Å². The maximum Gasteiger partial charge on any atom is 0.697 e. The van der Waals surface area contributed by atoms with Gasteiger partial charge >= 0.3 is 16.5 Å². The van der Waals surface area contributed by atoms with Gasteiger partial charge in [0.2, 0.25) is 0 Å². The van der Waals surface area contributed by atoms with E-state index in [1.54, 1.807) is 6.92 Å². The van der Waals surface area contributed by atoms with Crippen LogP contribution in [0.15, 0.2) is 0 Å². The van der Waals surface area contributed by atoms with E-state index in [-0.39, 0.29) is 6.42 Å². The van der Waals surface area contributed by atoms with Crippen molar-refractivity contribution in [2.75, 3.05) is 0 Å². The zero-order chi connectivity index (χ0) is 8.85. The van der Waals surface area contributed by atoms with Crippen molar-refractivity contribution in [3.8, 4) is 0 Å². The molecule has 0 rings (SSSR count). The molecule has 2 N–H and O–H groups in total. The summed E-state index contributed by atoms with van der Waals surface area (Å²) in [5.41, 5.74) is 0. The lowest BCUT2D eigenvalue weighted by Crippen LogP contribution is -2.07. The molecule has 0 fully saturated rings. The van der Waals surface area contributed by atoms with E-state index in [9.17, 15) is 9.13 Å². The highest BCUT2D eigenvalue weighted by Crippen LogP contribution is 2.27. The molecule has 11 heavy (non-hydrogen) atoms. The van der Waals surface area contributed by atoms with Gasteiger partial charge in [0.05, 0.1) is 0 Å². The molecule has 0 aliphatic heterocycles. The second-order valence-electron chi connectivity index (χ2n) is 1.52. The summed E-state index contributed by atoms with van der Waals surface area (Å²) in [6.07, 6.45) is -0.874. The Hall–Kier alpha value is 0.0400. The van der Waals surface area contributed by atoms with E-state index in [2.05, 4.69) is 9.05 Å².